The van der Waals surface area contributed by atoms with Crippen molar-refractivity contribution in [2.75, 3.05) is 5.32 Å². The summed E-state index contributed by atoms with van der Waals surface area (Å²) in [4.78, 5) is 12.8. The van der Waals surface area contributed by atoms with Gasteiger partial charge in [0.1, 0.15) is 11.4 Å². The van der Waals surface area contributed by atoms with Crippen molar-refractivity contribution < 1.29 is 31.1 Å². The van der Waals surface area contributed by atoms with Gasteiger partial charge < -0.3 is 10.6 Å². The van der Waals surface area contributed by atoms with Crippen molar-refractivity contribution in [3.63, 3.8) is 0 Å². The maximum atomic E-state index is 13.1. The zero-order chi connectivity index (χ0) is 24.7. The highest BCUT2D eigenvalue weighted by Gasteiger charge is 2.37. The van der Waals surface area contributed by atoms with Gasteiger partial charge in [0.15, 0.2) is 0 Å². The summed E-state index contributed by atoms with van der Waals surface area (Å²) in [6.07, 6.45) is -7.88. The van der Waals surface area contributed by atoms with E-state index in [1.165, 1.54) is 6.20 Å². The molecule has 1 aromatic heterocycles. The van der Waals surface area contributed by atoms with Crippen LogP contribution in [0.4, 0.5) is 32.2 Å². The number of nitrogens with one attached hydrogen (secondary N) is 2. The molecule has 5 nitrogen and oxygen atoms in total. The summed E-state index contributed by atoms with van der Waals surface area (Å²) < 4.78 is 80.2. The van der Waals surface area contributed by atoms with Crippen LogP contribution in [0.15, 0.2) is 54.7 Å². The molecule has 2 aromatic carbocycles. The minimum Gasteiger partial charge on any atom is -0.363 e. The zero-order valence-corrected chi connectivity index (χ0v) is 17.8. The van der Waals surface area contributed by atoms with Gasteiger partial charge in [0.2, 0.25) is 0 Å². The van der Waals surface area contributed by atoms with Gasteiger partial charge in [0, 0.05) is 6.54 Å². The van der Waals surface area contributed by atoms with Crippen LogP contribution in [0.1, 0.15) is 58.0 Å². The van der Waals surface area contributed by atoms with Gasteiger partial charge in [-0.2, -0.15) is 31.4 Å². The third-order valence-corrected chi connectivity index (χ3v) is 5.65. The normalized spacial score (nSPS) is 18.2. The van der Waals surface area contributed by atoms with Crippen molar-refractivity contribution in [2.24, 2.45) is 0 Å². The third-order valence-electron chi connectivity index (χ3n) is 5.65. The first-order chi connectivity index (χ1) is 15.9. The second-order valence-electron chi connectivity index (χ2n) is 8.14. The van der Waals surface area contributed by atoms with Gasteiger partial charge in [-0.1, -0.05) is 30.3 Å². The van der Waals surface area contributed by atoms with Crippen LogP contribution in [0.2, 0.25) is 0 Å². The highest BCUT2D eigenvalue weighted by Crippen LogP contribution is 2.37. The first-order valence-electron chi connectivity index (χ1n) is 10.4. The van der Waals surface area contributed by atoms with Gasteiger partial charge in [-0.05, 0) is 42.7 Å². The van der Waals surface area contributed by atoms with E-state index in [-0.39, 0.29) is 29.3 Å². The molecular weight excluding hydrogens is 462 g/mol. The number of halogens is 6. The Labute approximate surface area is 190 Å². The molecule has 0 fully saturated rings. The van der Waals surface area contributed by atoms with Crippen molar-refractivity contribution >= 4 is 11.7 Å². The van der Waals surface area contributed by atoms with Gasteiger partial charge in [-0.15, -0.1) is 0 Å². The Balaban J connectivity index is 1.55. The largest absolute Gasteiger partial charge is 0.416 e. The zero-order valence-electron chi connectivity index (χ0n) is 17.8. The highest BCUT2D eigenvalue weighted by atomic mass is 19.4. The standard InChI is InChI=1S/C23H20F6N4O/c1-13-7-19(15-5-3-2-4-6-15)32-20-18(12-31-33(13)20)21(34)30-11-14-8-16(22(24,25)26)10-17(9-14)23(27,28)29/h2-6,8-10,12-13,19,32H,7,11H2,1H3,(H,30,34). The van der Waals surface area contributed by atoms with E-state index in [1.54, 1.807) is 4.68 Å². The molecule has 0 spiro atoms. The summed E-state index contributed by atoms with van der Waals surface area (Å²) in [5, 5.41) is 9.91. The summed E-state index contributed by atoms with van der Waals surface area (Å²) >= 11 is 0. The number of amides is 1. The predicted molar refractivity (Wildman–Crippen MR) is 112 cm³/mol. The minimum absolute atomic E-state index is 0.0409. The molecule has 2 atom stereocenters. The van der Waals surface area contributed by atoms with Gasteiger partial charge >= 0.3 is 12.4 Å². The van der Waals surface area contributed by atoms with E-state index < -0.39 is 35.9 Å². The van der Waals surface area contributed by atoms with E-state index in [2.05, 4.69) is 15.7 Å². The van der Waals surface area contributed by atoms with E-state index in [4.69, 9.17) is 0 Å². The highest BCUT2D eigenvalue weighted by molar-refractivity contribution is 5.98. The van der Waals surface area contributed by atoms with E-state index >= 15 is 0 Å². The lowest BCUT2D eigenvalue weighted by Crippen LogP contribution is -2.29. The third kappa shape index (κ3) is 4.87. The molecule has 3 aromatic rings. The van der Waals surface area contributed by atoms with Crippen molar-refractivity contribution in [1.82, 2.24) is 15.1 Å². The lowest BCUT2D eigenvalue weighted by atomic mass is 9.98. The molecule has 4 rings (SSSR count). The van der Waals surface area contributed by atoms with Crippen LogP contribution in [-0.4, -0.2) is 15.7 Å². The molecule has 0 saturated carbocycles. The molecule has 0 aliphatic carbocycles. The molecule has 180 valence electrons. The Morgan fingerprint density at radius 3 is 2.26 bits per heavy atom. The molecule has 0 bridgehead atoms. The molecule has 1 aliphatic rings. The maximum Gasteiger partial charge on any atom is 0.416 e. The van der Waals surface area contributed by atoms with Crippen LogP contribution in [0.5, 0.6) is 0 Å². The molecule has 2 N–H and O–H groups in total. The molecule has 34 heavy (non-hydrogen) atoms. The van der Waals surface area contributed by atoms with Crippen molar-refractivity contribution in [1.29, 1.82) is 0 Å². The lowest BCUT2D eigenvalue weighted by Gasteiger charge is -2.31. The molecule has 2 heterocycles. The van der Waals surface area contributed by atoms with Crippen LogP contribution in [0.25, 0.3) is 0 Å². The number of nitrogens with zero attached hydrogens (tertiary/aromatic N) is 2. The number of hydrogen-bond donors (Lipinski definition) is 2. The first-order valence-corrected chi connectivity index (χ1v) is 10.4. The Morgan fingerprint density at radius 2 is 1.68 bits per heavy atom. The molecule has 1 aliphatic heterocycles. The number of alkyl halides is 6. The monoisotopic (exact) mass is 482 g/mol. The number of rotatable bonds is 4. The Hall–Kier alpha value is -3.50. The summed E-state index contributed by atoms with van der Waals surface area (Å²) in [5.74, 6) is -0.231. The van der Waals surface area contributed by atoms with Crippen LogP contribution in [0.3, 0.4) is 0 Å². The number of benzene rings is 2. The minimum atomic E-state index is -4.96. The van der Waals surface area contributed by atoms with Crippen molar-refractivity contribution in [3.8, 4) is 0 Å². The van der Waals surface area contributed by atoms with Crippen LogP contribution >= 0.6 is 0 Å². The Morgan fingerprint density at radius 1 is 1.06 bits per heavy atom. The van der Waals surface area contributed by atoms with Gasteiger partial charge in [-0.25, -0.2) is 4.68 Å². The summed E-state index contributed by atoms with van der Waals surface area (Å²) in [6, 6.07) is 10.7. The summed E-state index contributed by atoms with van der Waals surface area (Å²) in [5.41, 5.74) is -2.03. The van der Waals surface area contributed by atoms with Gasteiger partial charge in [0.05, 0.1) is 29.4 Å². The van der Waals surface area contributed by atoms with Crippen molar-refractivity contribution in [2.45, 2.75) is 44.3 Å². The fourth-order valence-corrected chi connectivity index (χ4v) is 3.98. The van der Waals surface area contributed by atoms with Crippen LogP contribution < -0.4 is 10.6 Å². The quantitative estimate of drug-likeness (QED) is 0.451. The van der Waals surface area contributed by atoms with Gasteiger partial charge in [0.25, 0.3) is 5.91 Å². The molecule has 11 heteroatoms. The second kappa shape index (κ2) is 8.69. The molecule has 1 amide bonds. The lowest BCUT2D eigenvalue weighted by molar-refractivity contribution is -0.143. The summed E-state index contributed by atoms with van der Waals surface area (Å²) in [7, 11) is 0. The summed E-state index contributed by atoms with van der Waals surface area (Å²) in [6.45, 7) is 1.42. The van der Waals surface area contributed by atoms with Crippen LogP contribution in [-0.2, 0) is 18.9 Å². The predicted octanol–water partition coefficient (Wildman–Crippen LogP) is 5.97. The average Bonchev–Trinajstić information content (AvgIpc) is 3.21. The second-order valence-corrected chi connectivity index (χ2v) is 8.14. The van der Waals surface area contributed by atoms with Gasteiger partial charge in [-0.3, -0.25) is 4.79 Å². The SMILES string of the molecule is CC1CC(c2ccccc2)Nc2c(C(=O)NCc3cc(C(F)(F)F)cc(C(F)(F)F)c3)cnn21. The number of fused-ring (bicyclic) bond motifs is 1. The Bertz CT molecular complexity index is 1150. The molecule has 0 saturated heterocycles. The smallest absolute Gasteiger partial charge is 0.363 e. The number of carbonyl (C=O) groups is 1. The fourth-order valence-electron chi connectivity index (χ4n) is 3.98. The number of hydrogen-bond acceptors (Lipinski definition) is 3. The maximum absolute atomic E-state index is 13.1. The van der Waals surface area contributed by atoms with E-state index in [0.717, 1.165) is 5.56 Å². The van der Waals surface area contributed by atoms with E-state index in [0.29, 0.717) is 24.4 Å². The Kier molecular flexibility index (Phi) is 6.05. The first kappa shape index (κ1) is 23.7. The average molecular weight is 482 g/mol. The number of aromatic nitrogens is 2. The molecular formula is C23H20F6N4O. The van der Waals surface area contributed by atoms with E-state index in [1.807, 2.05) is 37.3 Å². The van der Waals surface area contributed by atoms with E-state index in [9.17, 15) is 31.1 Å². The fraction of sp³-hybridized carbons (Fsp3) is 0.304. The van der Waals surface area contributed by atoms with Crippen molar-refractivity contribution in [3.05, 3.63) is 82.5 Å². The molecule has 2 unspecified atom stereocenters. The topological polar surface area (TPSA) is 59.0 Å². The van der Waals surface area contributed by atoms with Crippen LogP contribution in [0, 0.1) is 0 Å². The number of carbonyl (C=O) groups excluding carboxylic acids is 1. The number of anilines is 1. The molecule has 0 radical (unpaired) electrons.